The lowest BCUT2D eigenvalue weighted by atomic mass is 9.73. The van der Waals surface area contributed by atoms with Crippen molar-refractivity contribution in [1.29, 1.82) is 0 Å². The van der Waals surface area contributed by atoms with Gasteiger partial charge in [-0.1, -0.05) is 0 Å². The van der Waals surface area contributed by atoms with Crippen molar-refractivity contribution in [2.24, 2.45) is 11.8 Å². The van der Waals surface area contributed by atoms with Crippen LogP contribution in [0.5, 0.6) is 0 Å². The average Bonchev–Trinajstić information content (AvgIpc) is 3.11. The second-order valence-electron chi connectivity index (χ2n) is 14.8. The summed E-state index contributed by atoms with van der Waals surface area (Å²) in [6.45, 7) is -1.78. The van der Waals surface area contributed by atoms with Crippen LogP contribution in [0, 0.1) is 11.8 Å². The Bertz CT molecular complexity index is 1100. The highest BCUT2D eigenvalue weighted by Crippen LogP contribution is 2.45. The molecule has 6 rings (SSSR count). The molecule has 296 valence electrons. The zero-order chi connectivity index (χ0) is 36.7. The van der Waals surface area contributed by atoms with Gasteiger partial charge in [-0.2, -0.15) is 0 Å². The van der Waals surface area contributed by atoms with Crippen molar-refractivity contribution in [3.63, 3.8) is 0 Å². The summed E-state index contributed by atoms with van der Waals surface area (Å²) in [5.41, 5.74) is 0. The van der Waals surface area contributed by atoms with Crippen molar-refractivity contribution in [3.8, 4) is 0 Å². The van der Waals surface area contributed by atoms with Crippen LogP contribution in [-0.2, 0) is 33.2 Å². The van der Waals surface area contributed by atoms with Gasteiger partial charge in [0.15, 0.2) is 18.9 Å². The van der Waals surface area contributed by atoms with Gasteiger partial charge in [0, 0.05) is 12.3 Å². The Hall–Kier alpha value is -0.760. The number of aliphatic hydroxyl groups is 12. The number of hydrogen-bond donors (Lipinski definition) is 12. The Morgan fingerprint density at radius 2 is 1.12 bits per heavy atom. The topological polar surface area (TPSA) is 307 Å². The van der Waals surface area contributed by atoms with E-state index in [4.69, 9.17) is 33.2 Å². The normalized spacial score (nSPS) is 54.1. The number of ether oxygens (including phenoxy) is 7. The van der Waals surface area contributed by atoms with Crippen LogP contribution in [0.3, 0.4) is 0 Å². The lowest BCUT2D eigenvalue weighted by Crippen LogP contribution is -2.65. The third-order valence-electron chi connectivity index (χ3n) is 11.4. The second kappa shape index (κ2) is 16.9. The first-order valence-electron chi connectivity index (χ1n) is 17.9. The van der Waals surface area contributed by atoms with Crippen LogP contribution in [0.15, 0.2) is 0 Å². The first-order valence-corrected chi connectivity index (χ1v) is 17.9. The Morgan fingerprint density at radius 1 is 0.510 bits per heavy atom. The highest BCUT2D eigenvalue weighted by atomic mass is 16.8. The van der Waals surface area contributed by atoms with E-state index in [9.17, 15) is 61.3 Å². The lowest BCUT2D eigenvalue weighted by Gasteiger charge is -2.52. The molecule has 19 nitrogen and oxygen atoms in total. The minimum Gasteiger partial charge on any atom is -0.394 e. The van der Waals surface area contributed by atoms with Crippen molar-refractivity contribution in [3.05, 3.63) is 0 Å². The molecule has 2 saturated carbocycles. The lowest BCUT2D eigenvalue weighted by molar-refractivity contribution is -0.373. The van der Waals surface area contributed by atoms with E-state index >= 15 is 0 Å². The zero-order valence-corrected chi connectivity index (χ0v) is 28.0. The van der Waals surface area contributed by atoms with Gasteiger partial charge >= 0.3 is 0 Å². The van der Waals surface area contributed by atoms with Crippen molar-refractivity contribution >= 4 is 0 Å². The molecule has 0 spiro atoms. The molecule has 0 aromatic heterocycles. The van der Waals surface area contributed by atoms with Crippen LogP contribution in [0.25, 0.3) is 0 Å². The maximum absolute atomic E-state index is 11.2. The fourth-order valence-electron chi connectivity index (χ4n) is 8.40. The summed E-state index contributed by atoms with van der Waals surface area (Å²) >= 11 is 0. The van der Waals surface area contributed by atoms with Gasteiger partial charge in [0.1, 0.15) is 67.1 Å². The average molecular weight is 743 g/mol. The molecular weight excluding hydrogens is 688 g/mol. The van der Waals surface area contributed by atoms with E-state index in [1.807, 2.05) is 0 Å². The molecule has 12 N–H and O–H groups in total. The summed E-state index contributed by atoms with van der Waals surface area (Å²) in [4.78, 5) is 0. The monoisotopic (exact) mass is 742 g/mol. The van der Waals surface area contributed by atoms with Gasteiger partial charge in [0.05, 0.1) is 56.4 Å². The van der Waals surface area contributed by atoms with Gasteiger partial charge in [0.2, 0.25) is 0 Å². The van der Waals surface area contributed by atoms with Gasteiger partial charge in [0.25, 0.3) is 0 Å². The Morgan fingerprint density at radius 3 is 1.78 bits per heavy atom. The first-order chi connectivity index (χ1) is 24.3. The van der Waals surface area contributed by atoms with Gasteiger partial charge in [-0.15, -0.1) is 0 Å². The molecule has 0 aromatic carbocycles. The summed E-state index contributed by atoms with van der Waals surface area (Å²) in [7, 11) is 0. The van der Waals surface area contributed by atoms with Gasteiger partial charge < -0.3 is 94.4 Å². The molecule has 19 heteroatoms. The van der Waals surface area contributed by atoms with Crippen LogP contribution in [-0.4, -0.2) is 204 Å². The molecule has 4 aliphatic heterocycles. The predicted molar refractivity (Wildman–Crippen MR) is 164 cm³/mol. The van der Waals surface area contributed by atoms with Crippen molar-refractivity contribution in [2.75, 3.05) is 19.8 Å². The summed E-state index contributed by atoms with van der Waals surface area (Å²) in [5, 5.41) is 125. The molecule has 4 saturated heterocycles. The molecule has 0 aromatic rings. The molecule has 51 heavy (non-hydrogen) atoms. The molecule has 0 radical (unpaired) electrons. The summed E-state index contributed by atoms with van der Waals surface area (Å²) < 4.78 is 42.1. The van der Waals surface area contributed by atoms with E-state index in [1.54, 1.807) is 0 Å². The standard InChI is InChI=1S/C32H54O19/c33-8-19-22(39)24(41)27(44)31(49-19)47-17-6-13(36)5-16-14(17)7-18(28(46-16)11-1-3-12(35)4-2-11)48-32-29(25(42)23(40)20(9-34)50-32)51-30-26(43)21(38)15(37)10-45-30/h11-44H,1-10H2. The smallest absolute Gasteiger partial charge is 0.187 e. The molecule has 2 aliphatic carbocycles. The van der Waals surface area contributed by atoms with Gasteiger partial charge in [-0.3, -0.25) is 0 Å². The molecule has 0 amide bonds. The van der Waals surface area contributed by atoms with E-state index in [0.717, 1.165) is 0 Å². The number of rotatable bonds is 9. The molecule has 0 bridgehead atoms. The summed E-state index contributed by atoms with van der Waals surface area (Å²) in [6, 6.07) is 0. The largest absolute Gasteiger partial charge is 0.394 e. The quantitative estimate of drug-likeness (QED) is 0.105. The fourth-order valence-corrected chi connectivity index (χ4v) is 8.40. The third kappa shape index (κ3) is 8.42. The first kappa shape index (κ1) is 39.9. The van der Waals surface area contributed by atoms with Crippen molar-refractivity contribution in [1.82, 2.24) is 0 Å². The van der Waals surface area contributed by atoms with Gasteiger partial charge in [-0.05, 0) is 44.4 Å². The van der Waals surface area contributed by atoms with Crippen LogP contribution in [0.1, 0.15) is 44.9 Å². The fraction of sp³-hybridized carbons (Fsp3) is 1.00. The minimum absolute atomic E-state index is 0.0702. The van der Waals surface area contributed by atoms with Crippen LogP contribution in [0.4, 0.5) is 0 Å². The van der Waals surface area contributed by atoms with E-state index in [-0.39, 0.29) is 25.2 Å². The molecule has 4 heterocycles. The van der Waals surface area contributed by atoms with Crippen LogP contribution in [0.2, 0.25) is 0 Å². The van der Waals surface area contributed by atoms with Crippen molar-refractivity contribution < 1.29 is 94.4 Å². The van der Waals surface area contributed by atoms with Gasteiger partial charge in [-0.25, -0.2) is 0 Å². The number of hydrogen-bond acceptors (Lipinski definition) is 19. The van der Waals surface area contributed by atoms with E-state index in [2.05, 4.69) is 0 Å². The molecule has 6 fully saturated rings. The van der Waals surface area contributed by atoms with Crippen LogP contribution >= 0.6 is 0 Å². The highest BCUT2D eigenvalue weighted by molar-refractivity contribution is 5.00. The number of fused-ring (bicyclic) bond motifs is 1. The third-order valence-corrected chi connectivity index (χ3v) is 11.4. The Balaban J connectivity index is 1.26. The zero-order valence-electron chi connectivity index (χ0n) is 28.0. The maximum Gasteiger partial charge on any atom is 0.187 e. The van der Waals surface area contributed by atoms with Crippen molar-refractivity contribution in [2.45, 2.75) is 168 Å². The second-order valence-corrected chi connectivity index (χ2v) is 14.8. The Kier molecular flexibility index (Phi) is 13.3. The molecule has 20 atom stereocenters. The van der Waals surface area contributed by atoms with Crippen LogP contribution < -0.4 is 0 Å². The van der Waals surface area contributed by atoms with E-state index in [1.165, 1.54) is 0 Å². The summed E-state index contributed by atoms with van der Waals surface area (Å²) in [5.74, 6) is -0.654. The molecular formula is C32H54O19. The minimum atomic E-state index is -1.75. The summed E-state index contributed by atoms with van der Waals surface area (Å²) in [6.07, 6.45) is -23.5. The SMILES string of the molecule is OCC1OC(OC2CC(O)CC3OC(C4CCC(O)CC4)C(OC4OC(CO)C(O)C(O)C4OC4OCC(O)C(O)C4O)CC23)C(O)C(O)C1O. The highest BCUT2D eigenvalue weighted by Gasteiger charge is 2.55. The number of aliphatic hydroxyl groups excluding tert-OH is 12. The maximum atomic E-state index is 11.2. The molecule has 20 unspecified atom stereocenters. The van der Waals surface area contributed by atoms with E-state index < -0.39 is 148 Å². The molecule has 6 aliphatic rings. The predicted octanol–water partition coefficient (Wildman–Crippen LogP) is -5.70. The Labute approximate surface area is 293 Å². The van der Waals surface area contributed by atoms with E-state index in [0.29, 0.717) is 25.7 Å².